The van der Waals surface area contributed by atoms with Gasteiger partial charge >= 0.3 is 6.18 Å². The Morgan fingerprint density at radius 3 is 2.72 bits per heavy atom. The highest BCUT2D eigenvalue weighted by molar-refractivity contribution is 5.93. The molecule has 0 saturated heterocycles. The molecule has 1 amide bonds. The van der Waals surface area contributed by atoms with Crippen LogP contribution >= 0.6 is 0 Å². The van der Waals surface area contributed by atoms with Gasteiger partial charge in [-0.15, -0.1) is 0 Å². The van der Waals surface area contributed by atoms with Gasteiger partial charge in [0.1, 0.15) is 5.69 Å². The van der Waals surface area contributed by atoms with Crippen LogP contribution < -0.4 is 11.1 Å². The SMILES string of the molecule is CCn1cc(N)cc1C(=O)NCC(O)C(F)(F)F. The summed E-state index contributed by atoms with van der Waals surface area (Å²) in [6.07, 6.45) is -5.82. The second-order valence-corrected chi connectivity index (χ2v) is 3.71. The molecule has 0 aromatic carbocycles. The average molecular weight is 265 g/mol. The van der Waals surface area contributed by atoms with E-state index in [9.17, 15) is 18.0 Å². The highest BCUT2D eigenvalue weighted by Crippen LogP contribution is 2.19. The van der Waals surface area contributed by atoms with E-state index in [0.717, 1.165) is 0 Å². The highest BCUT2D eigenvalue weighted by atomic mass is 19.4. The molecule has 1 rings (SSSR count). The first-order chi connectivity index (χ1) is 8.25. The van der Waals surface area contributed by atoms with Crippen molar-refractivity contribution >= 4 is 11.6 Å². The number of carbonyl (C=O) groups excluding carboxylic acids is 1. The lowest BCUT2D eigenvalue weighted by Gasteiger charge is -2.15. The number of alkyl halides is 3. The average Bonchev–Trinajstić information content (AvgIpc) is 2.65. The Morgan fingerprint density at radius 2 is 2.22 bits per heavy atom. The zero-order valence-corrected chi connectivity index (χ0v) is 9.66. The fourth-order valence-corrected chi connectivity index (χ4v) is 1.38. The third-order valence-corrected chi connectivity index (χ3v) is 2.32. The molecule has 1 atom stereocenters. The summed E-state index contributed by atoms with van der Waals surface area (Å²) in [7, 11) is 0. The molecule has 0 spiro atoms. The molecule has 0 fully saturated rings. The number of nitrogens with one attached hydrogen (secondary N) is 1. The lowest BCUT2D eigenvalue weighted by atomic mass is 10.3. The minimum atomic E-state index is -4.75. The number of halogens is 3. The van der Waals surface area contributed by atoms with E-state index in [1.807, 2.05) is 5.32 Å². The summed E-state index contributed by atoms with van der Waals surface area (Å²) in [6, 6.07) is 1.36. The van der Waals surface area contributed by atoms with Crippen LogP contribution in [0.5, 0.6) is 0 Å². The third-order valence-electron chi connectivity index (χ3n) is 2.32. The molecule has 5 nitrogen and oxygen atoms in total. The molecule has 0 bridgehead atoms. The van der Waals surface area contributed by atoms with Gasteiger partial charge in [-0.3, -0.25) is 4.79 Å². The molecule has 1 aromatic rings. The van der Waals surface area contributed by atoms with Gasteiger partial charge in [0.15, 0.2) is 6.10 Å². The van der Waals surface area contributed by atoms with Gasteiger partial charge in [-0.2, -0.15) is 13.2 Å². The summed E-state index contributed by atoms with van der Waals surface area (Å²) in [4.78, 5) is 11.6. The van der Waals surface area contributed by atoms with Crippen LogP contribution in [0.15, 0.2) is 12.3 Å². The van der Waals surface area contributed by atoms with E-state index in [0.29, 0.717) is 12.2 Å². The van der Waals surface area contributed by atoms with Crippen LogP contribution in [0, 0.1) is 0 Å². The molecule has 0 aliphatic heterocycles. The minimum Gasteiger partial charge on any atom is -0.397 e. The molecule has 1 unspecified atom stereocenters. The van der Waals surface area contributed by atoms with Gasteiger partial charge in [-0.05, 0) is 13.0 Å². The van der Waals surface area contributed by atoms with Gasteiger partial charge in [0.25, 0.3) is 5.91 Å². The molecule has 102 valence electrons. The second kappa shape index (κ2) is 5.30. The predicted octanol–water partition coefficient (Wildman–Crippen LogP) is 0.743. The summed E-state index contributed by atoms with van der Waals surface area (Å²) in [6.45, 7) is 1.33. The quantitative estimate of drug-likeness (QED) is 0.751. The molecule has 0 aliphatic carbocycles. The molecule has 8 heteroatoms. The Labute approximate surface area is 101 Å². The number of nitrogens with zero attached hydrogens (tertiary/aromatic N) is 1. The van der Waals surface area contributed by atoms with Crippen molar-refractivity contribution < 1.29 is 23.1 Å². The summed E-state index contributed by atoms with van der Waals surface area (Å²) >= 11 is 0. The number of rotatable bonds is 4. The predicted molar refractivity (Wildman–Crippen MR) is 58.9 cm³/mol. The maximum absolute atomic E-state index is 12.0. The van der Waals surface area contributed by atoms with Crippen molar-refractivity contribution in [2.75, 3.05) is 12.3 Å². The van der Waals surface area contributed by atoms with Crippen molar-refractivity contribution in [3.05, 3.63) is 18.0 Å². The van der Waals surface area contributed by atoms with Gasteiger partial charge in [-0.1, -0.05) is 0 Å². The normalized spacial score (nSPS) is 13.4. The first kappa shape index (κ1) is 14.4. The topological polar surface area (TPSA) is 80.3 Å². The number of nitrogens with two attached hydrogens (primary N) is 1. The van der Waals surface area contributed by atoms with Gasteiger partial charge in [0.2, 0.25) is 0 Å². The number of nitrogen functional groups attached to an aromatic ring is 1. The van der Waals surface area contributed by atoms with E-state index in [2.05, 4.69) is 0 Å². The number of aryl methyl sites for hydroxylation is 1. The Kier molecular flexibility index (Phi) is 4.23. The van der Waals surface area contributed by atoms with Crippen molar-refractivity contribution in [3.8, 4) is 0 Å². The van der Waals surface area contributed by atoms with E-state index in [4.69, 9.17) is 10.8 Å². The maximum atomic E-state index is 12.0. The monoisotopic (exact) mass is 265 g/mol. The number of hydrogen-bond donors (Lipinski definition) is 3. The lowest BCUT2D eigenvalue weighted by molar-refractivity contribution is -0.201. The van der Waals surface area contributed by atoms with Crippen molar-refractivity contribution in [3.63, 3.8) is 0 Å². The molecule has 1 heterocycles. The van der Waals surface area contributed by atoms with Gasteiger partial charge in [-0.25, -0.2) is 0 Å². The van der Waals surface area contributed by atoms with Crippen LogP contribution in [-0.2, 0) is 6.54 Å². The molecular weight excluding hydrogens is 251 g/mol. The second-order valence-electron chi connectivity index (χ2n) is 3.71. The molecule has 1 aromatic heterocycles. The number of hydrogen-bond acceptors (Lipinski definition) is 3. The number of amides is 1. The third kappa shape index (κ3) is 3.39. The number of aromatic nitrogens is 1. The number of aliphatic hydroxyl groups excluding tert-OH is 1. The van der Waals surface area contributed by atoms with E-state index < -0.39 is 24.7 Å². The molecule has 4 N–H and O–H groups in total. The summed E-state index contributed by atoms with van der Waals surface area (Å²) in [5, 5.41) is 10.7. The van der Waals surface area contributed by atoms with E-state index in [-0.39, 0.29) is 5.69 Å². The summed E-state index contributed by atoms with van der Waals surface area (Å²) < 4.78 is 37.6. The fourth-order valence-electron chi connectivity index (χ4n) is 1.38. The molecule has 18 heavy (non-hydrogen) atoms. The summed E-state index contributed by atoms with van der Waals surface area (Å²) in [5.74, 6) is -0.711. The standard InChI is InChI=1S/C10H14F3N3O2/c1-2-16-5-6(14)3-7(16)9(18)15-4-8(17)10(11,12)13/h3,5,8,17H,2,4,14H2,1H3,(H,15,18). The van der Waals surface area contributed by atoms with Crippen molar-refractivity contribution in [2.45, 2.75) is 25.7 Å². The van der Waals surface area contributed by atoms with Gasteiger partial charge < -0.3 is 20.7 Å². The van der Waals surface area contributed by atoms with Crippen LogP contribution in [0.25, 0.3) is 0 Å². The Balaban J connectivity index is 2.66. The van der Waals surface area contributed by atoms with Crippen LogP contribution in [0.2, 0.25) is 0 Å². The van der Waals surface area contributed by atoms with Gasteiger partial charge in [0, 0.05) is 12.7 Å². The molecule has 0 saturated carbocycles. The Bertz CT molecular complexity index is 428. The first-order valence-electron chi connectivity index (χ1n) is 5.24. The van der Waals surface area contributed by atoms with Gasteiger partial charge in [0.05, 0.1) is 12.2 Å². The van der Waals surface area contributed by atoms with E-state index in [1.54, 1.807) is 6.92 Å². The lowest BCUT2D eigenvalue weighted by Crippen LogP contribution is -2.41. The smallest absolute Gasteiger partial charge is 0.397 e. The van der Waals surface area contributed by atoms with Crippen molar-refractivity contribution in [1.82, 2.24) is 9.88 Å². The zero-order valence-electron chi connectivity index (χ0n) is 9.66. The maximum Gasteiger partial charge on any atom is 0.416 e. The Hall–Kier alpha value is -1.70. The van der Waals surface area contributed by atoms with Crippen LogP contribution in [0.3, 0.4) is 0 Å². The van der Waals surface area contributed by atoms with Crippen molar-refractivity contribution in [1.29, 1.82) is 0 Å². The van der Waals surface area contributed by atoms with Crippen LogP contribution in [-0.4, -0.2) is 34.4 Å². The minimum absolute atomic E-state index is 0.157. The van der Waals surface area contributed by atoms with E-state index >= 15 is 0 Å². The zero-order chi connectivity index (χ0) is 13.9. The van der Waals surface area contributed by atoms with E-state index in [1.165, 1.54) is 16.8 Å². The van der Waals surface area contributed by atoms with Crippen LogP contribution in [0.1, 0.15) is 17.4 Å². The van der Waals surface area contributed by atoms with Crippen molar-refractivity contribution in [2.24, 2.45) is 0 Å². The fraction of sp³-hybridized carbons (Fsp3) is 0.500. The first-order valence-corrected chi connectivity index (χ1v) is 5.24. The van der Waals surface area contributed by atoms with Crippen LogP contribution in [0.4, 0.5) is 18.9 Å². The highest BCUT2D eigenvalue weighted by Gasteiger charge is 2.38. The molecule has 0 aliphatic rings. The Morgan fingerprint density at radius 1 is 1.61 bits per heavy atom. The number of anilines is 1. The largest absolute Gasteiger partial charge is 0.416 e. The number of aliphatic hydroxyl groups is 1. The molecular formula is C10H14F3N3O2. The summed E-state index contributed by atoms with van der Waals surface area (Å²) in [5.41, 5.74) is 5.99. The number of carbonyl (C=O) groups is 1. The molecule has 0 radical (unpaired) electrons.